The zero-order valence-electron chi connectivity index (χ0n) is 9.60. The summed E-state index contributed by atoms with van der Waals surface area (Å²) < 4.78 is 0. The molecule has 3 heteroatoms. The quantitative estimate of drug-likeness (QED) is 0.864. The number of nitrogens with zero attached hydrogens (tertiary/aromatic N) is 1. The van der Waals surface area contributed by atoms with Gasteiger partial charge in [0, 0.05) is 12.5 Å². The van der Waals surface area contributed by atoms with E-state index >= 15 is 0 Å². The van der Waals surface area contributed by atoms with Crippen LogP contribution in [0.25, 0.3) is 0 Å². The molecule has 0 aromatic heterocycles. The number of aliphatic imine (C=N–C) groups is 1. The van der Waals surface area contributed by atoms with Gasteiger partial charge in [-0.05, 0) is 17.9 Å². The number of benzene rings is 1. The summed E-state index contributed by atoms with van der Waals surface area (Å²) in [6.07, 6.45) is 2.42. The molecule has 2 N–H and O–H groups in total. The monoisotopic (exact) mass is 238 g/mol. The second kappa shape index (κ2) is 5.90. The molecule has 0 aliphatic carbocycles. The second-order valence-electron chi connectivity index (χ2n) is 4.20. The Hall–Kier alpha value is -1.02. The van der Waals surface area contributed by atoms with Crippen LogP contribution < -0.4 is 5.73 Å². The van der Waals surface area contributed by atoms with Crippen LogP contribution in [0.15, 0.2) is 35.3 Å². The van der Waals surface area contributed by atoms with Crippen LogP contribution in [0, 0.1) is 5.92 Å². The number of halogens is 1. The molecule has 0 spiro atoms. The molecule has 88 valence electrons. The van der Waals surface area contributed by atoms with Gasteiger partial charge < -0.3 is 5.73 Å². The number of amidine groups is 1. The molecule has 0 radical (unpaired) electrons. The number of rotatable bonds is 3. The van der Waals surface area contributed by atoms with Crippen molar-refractivity contribution in [2.75, 3.05) is 6.54 Å². The van der Waals surface area contributed by atoms with Crippen LogP contribution >= 0.6 is 12.4 Å². The number of nitrogens with two attached hydrogens (primary N) is 1. The maximum atomic E-state index is 5.98. The number of hydrogen-bond donors (Lipinski definition) is 1. The van der Waals surface area contributed by atoms with E-state index < -0.39 is 0 Å². The lowest BCUT2D eigenvalue weighted by Crippen LogP contribution is -2.23. The molecule has 0 bridgehead atoms. The van der Waals surface area contributed by atoms with Crippen LogP contribution in [0.2, 0.25) is 0 Å². The topological polar surface area (TPSA) is 38.4 Å². The minimum Gasteiger partial charge on any atom is -0.387 e. The normalized spacial score (nSPS) is 23.7. The number of hydrogen-bond acceptors (Lipinski definition) is 2. The van der Waals surface area contributed by atoms with Crippen molar-refractivity contribution in [3.8, 4) is 0 Å². The largest absolute Gasteiger partial charge is 0.387 e. The van der Waals surface area contributed by atoms with E-state index in [2.05, 4.69) is 36.2 Å². The molecule has 16 heavy (non-hydrogen) atoms. The fraction of sp³-hybridized carbons (Fsp3) is 0.462. The van der Waals surface area contributed by atoms with Crippen molar-refractivity contribution < 1.29 is 0 Å². The second-order valence-corrected chi connectivity index (χ2v) is 4.20. The van der Waals surface area contributed by atoms with Crippen LogP contribution in [0.5, 0.6) is 0 Å². The Kier molecular flexibility index (Phi) is 4.81. The smallest absolute Gasteiger partial charge is 0.102 e. The third kappa shape index (κ3) is 2.56. The van der Waals surface area contributed by atoms with Crippen molar-refractivity contribution in [3.05, 3.63) is 35.9 Å². The highest BCUT2D eigenvalue weighted by Crippen LogP contribution is 2.32. The van der Waals surface area contributed by atoms with E-state index in [0.717, 1.165) is 12.4 Å². The Morgan fingerprint density at radius 2 is 2.00 bits per heavy atom. The maximum Gasteiger partial charge on any atom is 0.102 e. The first kappa shape index (κ1) is 13.0. The lowest BCUT2D eigenvalue weighted by Gasteiger charge is -2.19. The van der Waals surface area contributed by atoms with Crippen LogP contribution in [0.4, 0.5) is 0 Å². The van der Waals surface area contributed by atoms with Crippen molar-refractivity contribution in [1.82, 2.24) is 0 Å². The highest BCUT2D eigenvalue weighted by molar-refractivity contribution is 5.89. The lowest BCUT2D eigenvalue weighted by molar-refractivity contribution is 0.488. The van der Waals surface area contributed by atoms with Gasteiger partial charge in [-0.3, -0.25) is 4.99 Å². The van der Waals surface area contributed by atoms with Gasteiger partial charge in [0.1, 0.15) is 5.84 Å². The van der Waals surface area contributed by atoms with Crippen molar-refractivity contribution in [3.63, 3.8) is 0 Å². The molecule has 0 saturated carbocycles. The molecule has 0 fully saturated rings. The SMILES string of the molecule is CCC[C@H]1CN=C(N)[C@@H]1c1ccccc1.Cl. The average molecular weight is 239 g/mol. The predicted octanol–water partition coefficient (Wildman–Crippen LogP) is 2.98. The van der Waals surface area contributed by atoms with Gasteiger partial charge >= 0.3 is 0 Å². The summed E-state index contributed by atoms with van der Waals surface area (Å²) in [6.45, 7) is 3.12. The molecule has 1 aliphatic rings. The highest BCUT2D eigenvalue weighted by Gasteiger charge is 2.30. The van der Waals surface area contributed by atoms with E-state index in [1.165, 1.54) is 18.4 Å². The Morgan fingerprint density at radius 1 is 1.31 bits per heavy atom. The Bertz CT molecular complexity index is 348. The van der Waals surface area contributed by atoms with Gasteiger partial charge in [-0.1, -0.05) is 43.7 Å². The standard InChI is InChI=1S/C13H18N2.ClH/c1-2-6-11-9-15-13(14)12(11)10-7-4-3-5-8-10;/h3-5,7-8,11-12H,2,6,9H2,1H3,(H2,14,15);1H/t11-,12+;/m0./s1. The molecular formula is C13H19ClN2. The van der Waals surface area contributed by atoms with Gasteiger partial charge in [0.25, 0.3) is 0 Å². The molecule has 0 unspecified atom stereocenters. The lowest BCUT2D eigenvalue weighted by atomic mass is 9.85. The molecule has 1 heterocycles. The molecule has 1 aromatic carbocycles. The van der Waals surface area contributed by atoms with E-state index in [0.29, 0.717) is 11.8 Å². The Morgan fingerprint density at radius 3 is 2.62 bits per heavy atom. The molecule has 1 aliphatic heterocycles. The van der Waals surface area contributed by atoms with E-state index in [1.54, 1.807) is 0 Å². The van der Waals surface area contributed by atoms with E-state index in [1.807, 2.05) is 6.07 Å². The van der Waals surface area contributed by atoms with Gasteiger partial charge in [-0.2, -0.15) is 0 Å². The van der Waals surface area contributed by atoms with Gasteiger partial charge in [0.2, 0.25) is 0 Å². The first-order valence-electron chi connectivity index (χ1n) is 5.67. The van der Waals surface area contributed by atoms with Crippen LogP contribution in [0.1, 0.15) is 31.2 Å². The molecule has 0 amide bonds. The van der Waals surface area contributed by atoms with Crippen molar-refractivity contribution in [2.24, 2.45) is 16.6 Å². The Labute approximate surface area is 103 Å². The minimum atomic E-state index is 0. The van der Waals surface area contributed by atoms with Gasteiger partial charge in [0.05, 0.1) is 0 Å². The highest BCUT2D eigenvalue weighted by atomic mass is 35.5. The van der Waals surface area contributed by atoms with E-state index in [9.17, 15) is 0 Å². The summed E-state index contributed by atoms with van der Waals surface area (Å²) in [5, 5.41) is 0. The summed E-state index contributed by atoms with van der Waals surface area (Å²) in [5.74, 6) is 1.78. The fourth-order valence-electron chi connectivity index (χ4n) is 2.40. The van der Waals surface area contributed by atoms with Gasteiger partial charge in [-0.15, -0.1) is 12.4 Å². The minimum absolute atomic E-state index is 0. The van der Waals surface area contributed by atoms with Crippen molar-refractivity contribution in [1.29, 1.82) is 0 Å². The summed E-state index contributed by atoms with van der Waals surface area (Å²) in [6, 6.07) is 10.5. The zero-order valence-corrected chi connectivity index (χ0v) is 10.4. The summed E-state index contributed by atoms with van der Waals surface area (Å²) in [5.41, 5.74) is 7.30. The molecular weight excluding hydrogens is 220 g/mol. The summed E-state index contributed by atoms with van der Waals surface area (Å²) >= 11 is 0. The van der Waals surface area contributed by atoms with Crippen molar-refractivity contribution >= 4 is 18.2 Å². The van der Waals surface area contributed by atoms with Crippen LogP contribution in [-0.4, -0.2) is 12.4 Å². The van der Waals surface area contributed by atoms with Gasteiger partial charge in [-0.25, -0.2) is 0 Å². The summed E-state index contributed by atoms with van der Waals surface area (Å²) in [4.78, 5) is 4.39. The van der Waals surface area contributed by atoms with Crippen molar-refractivity contribution in [2.45, 2.75) is 25.7 Å². The molecule has 2 atom stereocenters. The fourth-order valence-corrected chi connectivity index (χ4v) is 2.40. The van der Waals surface area contributed by atoms with Gasteiger partial charge in [0.15, 0.2) is 0 Å². The summed E-state index contributed by atoms with van der Waals surface area (Å²) in [7, 11) is 0. The third-order valence-electron chi connectivity index (χ3n) is 3.12. The van der Waals surface area contributed by atoms with Crippen LogP contribution in [0.3, 0.4) is 0 Å². The zero-order chi connectivity index (χ0) is 10.7. The first-order valence-corrected chi connectivity index (χ1v) is 5.67. The third-order valence-corrected chi connectivity index (χ3v) is 3.12. The molecule has 0 saturated heterocycles. The molecule has 2 nitrogen and oxygen atoms in total. The van der Waals surface area contributed by atoms with E-state index in [4.69, 9.17) is 5.73 Å². The maximum absolute atomic E-state index is 5.98. The Balaban J connectivity index is 0.00000128. The molecule has 1 aromatic rings. The average Bonchev–Trinajstić information content (AvgIpc) is 2.62. The molecule has 2 rings (SSSR count). The van der Waals surface area contributed by atoms with E-state index in [-0.39, 0.29) is 12.4 Å². The predicted molar refractivity (Wildman–Crippen MR) is 71.3 cm³/mol. The first-order chi connectivity index (χ1) is 7.33. The van der Waals surface area contributed by atoms with Crippen LogP contribution in [-0.2, 0) is 0 Å².